The Morgan fingerprint density at radius 1 is 1.42 bits per heavy atom. The first-order valence-electron chi connectivity index (χ1n) is 6.85. The Hall–Kier alpha value is -2.86. The molecule has 1 saturated heterocycles. The molecule has 3 heterocycles. The van der Waals surface area contributed by atoms with Gasteiger partial charge in [-0.3, -0.25) is 4.57 Å². The van der Waals surface area contributed by atoms with Crippen LogP contribution in [0, 0.1) is 4.91 Å². The number of ether oxygens (including phenoxy) is 1. The fourth-order valence-corrected chi connectivity index (χ4v) is 2.53. The second-order valence-corrected chi connectivity index (χ2v) is 5.09. The lowest BCUT2D eigenvalue weighted by atomic mass is 10.1. The summed E-state index contributed by atoms with van der Waals surface area (Å²) in [7, 11) is 1.41. The van der Waals surface area contributed by atoms with Crippen molar-refractivity contribution in [2.24, 2.45) is 10.4 Å². The van der Waals surface area contributed by atoms with E-state index in [2.05, 4.69) is 30.3 Å². The number of aliphatic hydroxyl groups excluding tert-OH is 2. The maximum absolute atomic E-state index is 10.7. The predicted molar refractivity (Wildman–Crippen MR) is 79.5 cm³/mol. The smallest absolute Gasteiger partial charge is 0.182 e. The largest absolute Gasteiger partial charge is 0.388 e. The Bertz CT molecular complexity index is 804. The summed E-state index contributed by atoms with van der Waals surface area (Å²) in [5, 5.41) is 27.3. The van der Waals surface area contributed by atoms with E-state index in [9.17, 15) is 15.1 Å². The van der Waals surface area contributed by atoms with E-state index in [-0.39, 0.29) is 23.5 Å². The first-order chi connectivity index (χ1) is 11.6. The maximum atomic E-state index is 10.7. The second kappa shape index (κ2) is 6.33. The van der Waals surface area contributed by atoms with E-state index < -0.39 is 24.5 Å². The second-order valence-electron chi connectivity index (χ2n) is 5.09. The van der Waals surface area contributed by atoms with Crippen molar-refractivity contribution in [3.05, 3.63) is 28.0 Å². The van der Waals surface area contributed by atoms with Gasteiger partial charge in [-0.15, -0.1) is 4.91 Å². The minimum absolute atomic E-state index is 0.129. The number of aliphatic hydroxyl groups is 2. The molecule has 0 unspecified atom stereocenters. The van der Waals surface area contributed by atoms with Gasteiger partial charge in [0.1, 0.15) is 18.5 Å². The molecule has 2 N–H and O–H groups in total. The normalized spacial score (nSPS) is 26.3. The molecule has 0 saturated carbocycles. The lowest BCUT2D eigenvalue weighted by Gasteiger charge is -2.16. The summed E-state index contributed by atoms with van der Waals surface area (Å²) in [6, 6.07) is 0. The van der Waals surface area contributed by atoms with Crippen molar-refractivity contribution in [3.63, 3.8) is 0 Å². The highest BCUT2D eigenvalue weighted by Crippen LogP contribution is 2.32. The van der Waals surface area contributed by atoms with Gasteiger partial charge in [0.15, 0.2) is 23.2 Å². The molecule has 0 spiro atoms. The van der Waals surface area contributed by atoms with E-state index in [4.69, 9.17) is 10.3 Å². The number of hydrogen-bond acceptors (Lipinski definition) is 9. The first-order valence-corrected chi connectivity index (χ1v) is 6.85. The fourth-order valence-electron chi connectivity index (χ4n) is 2.53. The van der Waals surface area contributed by atoms with Crippen molar-refractivity contribution in [2.75, 3.05) is 18.6 Å². The van der Waals surface area contributed by atoms with Gasteiger partial charge in [-0.25, -0.2) is 20.0 Å². The zero-order valence-corrected chi connectivity index (χ0v) is 12.4. The number of azide groups is 1. The number of aromatic nitrogens is 4. The lowest BCUT2D eigenvalue weighted by molar-refractivity contribution is -0.0321. The van der Waals surface area contributed by atoms with Crippen LogP contribution in [-0.4, -0.2) is 61.6 Å². The van der Waals surface area contributed by atoms with Gasteiger partial charge in [0, 0.05) is 12.0 Å². The molecular formula is C11H13N9O4. The summed E-state index contributed by atoms with van der Waals surface area (Å²) >= 11 is 0. The standard InChI is InChI=1S/C11H13N9O4/c1-19(18-23)9-6-10(14-3-13-9)20(4-15-6)11-8(22)7(21)5(24-11)2-16-17-12/h3-5,7-8,11,21-22H,2H2,1H3/t5-,7-,8+,11-/m1/s1. The molecule has 13 heteroatoms. The minimum atomic E-state index is -1.28. The van der Waals surface area contributed by atoms with E-state index in [1.807, 2.05) is 0 Å². The average Bonchev–Trinajstić information content (AvgIpc) is 3.14. The van der Waals surface area contributed by atoms with Crippen LogP contribution in [0.4, 0.5) is 5.82 Å². The average molecular weight is 335 g/mol. The maximum Gasteiger partial charge on any atom is 0.182 e. The Labute approximate surface area is 134 Å². The van der Waals surface area contributed by atoms with Gasteiger partial charge in [-0.05, 0) is 5.53 Å². The molecule has 2 aromatic rings. The molecule has 1 aliphatic rings. The number of anilines is 1. The molecule has 0 radical (unpaired) electrons. The van der Waals surface area contributed by atoms with Gasteiger partial charge < -0.3 is 14.9 Å². The fraction of sp³-hybridized carbons (Fsp3) is 0.545. The molecule has 0 amide bonds. The minimum Gasteiger partial charge on any atom is -0.388 e. The molecule has 0 aliphatic carbocycles. The molecule has 126 valence electrons. The predicted octanol–water partition coefficient (Wildman–Crippen LogP) is -0.127. The third-order valence-corrected chi connectivity index (χ3v) is 3.70. The molecular weight excluding hydrogens is 322 g/mol. The van der Waals surface area contributed by atoms with Crippen LogP contribution >= 0.6 is 0 Å². The third kappa shape index (κ3) is 2.51. The number of nitrogens with zero attached hydrogens (tertiary/aromatic N) is 9. The molecule has 2 aromatic heterocycles. The van der Waals surface area contributed by atoms with Gasteiger partial charge in [-0.2, -0.15) is 0 Å². The van der Waals surface area contributed by atoms with Crippen LogP contribution in [0.3, 0.4) is 0 Å². The summed E-state index contributed by atoms with van der Waals surface area (Å²) in [4.78, 5) is 25.4. The molecule has 4 atom stereocenters. The quantitative estimate of drug-likeness (QED) is 0.250. The molecule has 0 bridgehead atoms. The van der Waals surface area contributed by atoms with Crippen LogP contribution in [-0.2, 0) is 4.74 Å². The molecule has 13 nitrogen and oxygen atoms in total. The van der Waals surface area contributed by atoms with Crippen molar-refractivity contribution in [3.8, 4) is 0 Å². The summed E-state index contributed by atoms with van der Waals surface area (Å²) in [6.45, 7) is -0.129. The monoisotopic (exact) mass is 335 g/mol. The van der Waals surface area contributed by atoms with E-state index in [1.54, 1.807) is 0 Å². The number of nitroso groups, excluding NO2 is 1. The topological polar surface area (TPSA) is 175 Å². The van der Waals surface area contributed by atoms with Gasteiger partial charge in [-0.1, -0.05) is 5.11 Å². The van der Waals surface area contributed by atoms with Crippen LogP contribution in [0.15, 0.2) is 23.1 Å². The van der Waals surface area contributed by atoms with Crippen molar-refractivity contribution in [1.29, 1.82) is 0 Å². The van der Waals surface area contributed by atoms with Crippen LogP contribution in [0.25, 0.3) is 21.6 Å². The molecule has 1 fully saturated rings. The Morgan fingerprint density at radius 2 is 2.21 bits per heavy atom. The number of rotatable bonds is 5. The first kappa shape index (κ1) is 16.0. The SMILES string of the molecule is CN(N=O)c1ncnc2c1ncn2[C@@H]1O[C@H](CN=[N+]=[N-])[C@@H](O)[C@@H]1O. The molecule has 3 rings (SSSR count). The Kier molecular flexibility index (Phi) is 4.22. The van der Waals surface area contributed by atoms with Crippen molar-refractivity contribution >= 4 is 17.0 Å². The van der Waals surface area contributed by atoms with E-state index in [0.29, 0.717) is 0 Å². The van der Waals surface area contributed by atoms with Crippen molar-refractivity contribution in [1.82, 2.24) is 19.5 Å². The summed E-state index contributed by atoms with van der Waals surface area (Å²) in [6.07, 6.45) is -1.80. The lowest BCUT2D eigenvalue weighted by Crippen LogP contribution is -2.32. The molecule has 1 aliphatic heterocycles. The Balaban J connectivity index is 1.98. The zero-order chi connectivity index (χ0) is 17.3. The van der Waals surface area contributed by atoms with Crippen LogP contribution in [0.1, 0.15) is 6.23 Å². The van der Waals surface area contributed by atoms with Gasteiger partial charge in [0.25, 0.3) is 0 Å². The van der Waals surface area contributed by atoms with Crippen LogP contribution in [0.5, 0.6) is 0 Å². The van der Waals surface area contributed by atoms with E-state index in [1.165, 1.54) is 24.3 Å². The summed E-state index contributed by atoms with van der Waals surface area (Å²) in [5.41, 5.74) is 8.93. The zero-order valence-electron chi connectivity index (χ0n) is 12.4. The van der Waals surface area contributed by atoms with Gasteiger partial charge >= 0.3 is 0 Å². The van der Waals surface area contributed by atoms with Gasteiger partial charge in [0.05, 0.1) is 24.3 Å². The number of hydrogen-bond donors (Lipinski definition) is 2. The third-order valence-electron chi connectivity index (χ3n) is 3.70. The van der Waals surface area contributed by atoms with Crippen LogP contribution < -0.4 is 5.01 Å². The summed E-state index contributed by atoms with van der Waals surface area (Å²) in [5.74, 6) is 0.187. The van der Waals surface area contributed by atoms with E-state index in [0.717, 1.165) is 5.01 Å². The molecule has 24 heavy (non-hydrogen) atoms. The van der Waals surface area contributed by atoms with Crippen molar-refractivity contribution < 1.29 is 14.9 Å². The Morgan fingerprint density at radius 3 is 2.92 bits per heavy atom. The van der Waals surface area contributed by atoms with Crippen LogP contribution in [0.2, 0.25) is 0 Å². The highest BCUT2D eigenvalue weighted by molar-refractivity contribution is 5.83. The number of fused-ring (bicyclic) bond motifs is 1. The van der Waals surface area contributed by atoms with E-state index >= 15 is 0 Å². The highest BCUT2D eigenvalue weighted by atomic mass is 16.6. The molecule has 0 aromatic carbocycles. The number of imidazole rings is 1. The highest BCUT2D eigenvalue weighted by Gasteiger charge is 2.44. The van der Waals surface area contributed by atoms with Gasteiger partial charge in [0.2, 0.25) is 0 Å². The van der Waals surface area contributed by atoms with Crippen molar-refractivity contribution in [2.45, 2.75) is 24.5 Å². The summed E-state index contributed by atoms with van der Waals surface area (Å²) < 4.78 is 6.97.